The van der Waals surface area contributed by atoms with Crippen molar-refractivity contribution in [2.75, 3.05) is 42.0 Å². The van der Waals surface area contributed by atoms with Crippen molar-refractivity contribution in [3.8, 4) is 39.8 Å². The molecule has 230 valence electrons. The van der Waals surface area contributed by atoms with E-state index in [1.54, 1.807) is 53.1 Å². The van der Waals surface area contributed by atoms with Crippen LogP contribution >= 0.6 is 31.9 Å². The van der Waals surface area contributed by atoms with Gasteiger partial charge >= 0.3 is 0 Å². The predicted molar refractivity (Wildman–Crippen MR) is 181 cm³/mol. The predicted octanol–water partition coefficient (Wildman–Crippen LogP) is 6.56. The Kier molecular flexibility index (Phi) is 11.8. The number of carbonyl (C=O) groups is 1. The molecule has 0 fully saturated rings. The molecule has 2 aromatic heterocycles. The minimum absolute atomic E-state index is 0.209. The Balaban J connectivity index is 0.000000223. The molecule has 5 aromatic rings. The molecule has 0 unspecified atom stereocenters. The number of nitrogens with zero attached hydrogens (tertiary/aromatic N) is 4. The van der Waals surface area contributed by atoms with Gasteiger partial charge in [0.05, 0.1) is 31.7 Å². The molecule has 0 spiro atoms. The number of nitrogen functional groups attached to an aromatic ring is 1. The lowest BCUT2D eigenvalue weighted by Crippen LogP contribution is -2.12. The van der Waals surface area contributed by atoms with Crippen LogP contribution in [0.5, 0.6) is 17.2 Å². The molecule has 2 heterocycles. The Morgan fingerprint density at radius 2 is 1.41 bits per heavy atom. The third-order valence-corrected chi connectivity index (χ3v) is 7.08. The summed E-state index contributed by atoms with van der Waals surface area (Å²) in [6, 6.07) is 22.1. The van der Waals surface area contributed by atoms with Crippen LogP contribution < -0.4 is 25.3 Å². The van der Waals surface area contributed by atoms with Crippen LogP contribution in [0.2, 0.25) is 0 Å². The number of nitrogens with two attached hydrogens (primary N) is 1. The first-order valence-corrected chi connectivity index (χ1v) is 15.9. The van der Waals surface area contributed by atoms with E-state index in [1.165, 1.54) is 0 Å². The van der Waals surface area contributed by atoms with Crippen LogP contribution in [-0.2, 0) is 14.1 Å². The third-order valence-electron chi connectivity index (χ3n) is 6.44. The fourth-order valence-corrected chi connectivity index (χ4v) is 4.67. The van der Waals surface area contributed by atoms with Crippen molar-refractivity contribution in [3.05, 3.63) is 90.8 Å². The van der Waals surface area contributed by atoms with Gasteiger partial charge in [0.2, 0.25) is 0 Å². The molecule has 12 heteroatoms. The summed E-state index contributed by atoms with van der Waals surface area (Å²) in [5.74, 6) is 1.98. The number of ether oxygens (including phenoxy) is 3. The zero-order valence-electron chi connectivity index (χ0n) is 24.7. The third kappa shape index (κ3) is 8.42. The summed E-state index contributed by atoms with van der Waals surface area (Å²) in [6.07, 6.45) is 3.48. The quantitative estimate of drug-likeness (QED) is 0.117. The van der Waals surface area contributed by atoms with E-state index >= 15 is 0 Å². The normalized spacial score (nSPS) is 10.5. The molecule has 10 nitrogen and oxygen atoms in total. The van der Waals surface area contributed by atoms with Gasteiger partial charge in [-0.2, -0.15) is 10.2 Å². The zero-order chi connectivity index (χ0) is 31.5. The van der Waals surface area contributed by atoms with Gasteiger partial charge in [0.15, 0.2) is 0 Å². The second-order valence-corrected chi connectivity index (χ2v) is 11.0. The van der Waals surface area contributed by atoms with Gasteiger partial charge in [0, 0.05) is 65.2 Å². The maximum Gasteiger partial charge on any atom is 0.255 e. The number of halogens is 2. The lowest BCUT2D eigenvalue weighted by Gasteiger charge is -2.14. The monoisotopic (exact) mass is 724 g/mol. The zero-order valence-corrected chi connectivity index (χ0v) is 27.8. The van der Waals surface area contributed by atoms with Crippen LogP contribution in [0.15, 0.2) is 85.2 Å². The lowest BCUT2D eigenvalue weighted by molar-refractivity contribution is 0.102. The summed E-state index contributed by atoms with van der Waals surface area (Å²) in [4.78, 5) is 12.6. The maximum absolute atomic E-state index is 12.6. The van der Waals surface area contributed by atoms with Crippen molar-refractivity contribution in [3.63, 3.8) is 0 Å². The number of methoxy groups -OCH3 is 1. The molecule has 0 radical (unpaired) electrons. The number of aryl methyl sites for hydroxylation is 2. The number of rotatable bonds is 11. The Morgan fingerprint density at radius 3 is 1.95 bits per heavy atom. The van der Waals surface area contributed by atoms with Crippen molar-refractivity contribution in [2.24, 2.45) is 14.1 Å². The van der Waals surface area contributed by atoms with Crippen molar-refractivity contribution < 1.29 is 19.0 Å². The highest BCUT2D eigenvalue weighted by atomic mass is 79.9. The summed E-state index contributed by atoms with van der Waals surface area (Å²) in [5, 5.41) is 12.8. The number of hydrogen-bond donors (Lipinski definition) is 2. The van der Waals surface area contributed by atoms with E-state index in [9.17, 15) is 4.79 Å². The minimum atomic E-state index is -0.209. The number of nitrogens with one attached hydrogen (secondary N) is 1. The van der Waals surface area contributed by atoms with Gasteiger partial charge < -0.3 is 25.3 Å². The number of benzene rings is 3. The number of anilines is 2. The summed E-state index contributed by atoms with van der Waals surface area (Å²) in [6.45, 7) is 1.16. The Labute approximate surface area is 273 Å². The van der Waals surface area contributed by atoms with E-state index in [1.807, 2.05) is 62.6 Å². The first-order chi connectivity index (χ1) is 21.3. The first kappa shape index (κ1) is 32.6. The number of amides is 1. The number of carbonyl (C=O) groups excluding carboxylic acids is 1. The van der Waals surface area contributed by atoms with E-state index in [0.29, 0.717) is 35.9 Å². The fraction of sp³-hybridized carbons (Fsp3) is 0.219. The summed E-state index contributed by atoms with van der Waals surface area (Å²) < 4.78 is 20.2. The van der Waals surface area contributed by atoms with Gasteiger partial charge in [0.1, 0.15) is 17.2 Å². The molecule has 5 rings (SSSR count). The van der Waals surface area contributed by atoms with Crippen LogP contribution in [0.25, 0.3) is 22.5 Å². The van der Waals surface area contributed by atoms with E-state index in [0.717, 1.165) is 44.7 Å². The first-order valence-electron chi connectivity index (χ1n) is 13.7. The summed E-state index contributed by atoms with van der Waals surface area (Å²) in [7, 11) is 5.33. The standard InChI is InChI=1S/C20H20BrN3O3.C12H14BrN3O/c1-24-18(8-10-22-24)17-13-15(6-7-19(17)27-11-9-21)23-20(25)14-4-3-5-16(12-14)26-2;1-16-11(4-6-15-16)10-8-9(14)2-3-12(10)17-7-5-13/h3-8,10,12-13H,9,11H2,1-2H3,(H,23,25);2-4,6,8H,5,7,14H2,1H3. The highest BCUT2D eigenvalue weighted by molar-refractivity contribution is 9.09. The Hall–Kier alpha value is -4.29. The molecule has 0 aliphatic rings. The van der Waals surface area contributed by atoms with Crippen molar-refractivity contribution in [1.82, 2.24) is 19.6 Å². The van der Waals surface area contributed by atoms with Gasteiger partial charge in [-0.05, 0) is 66.7 Å². The van der Waals surface area contributed by atoms with Gasteiger partial charge in [-0.15, -0.1) is 0 Å². The number of aromatic nitrogens is 4. The Morgan fingerprint density at radius 1 is 0.818 bits per heavy atom. The molecule has 1 amide bonds. The minimum Gasteiger partial charge on any atom is -0.497 e. The van der Waals surface area contributed by atoms with Gasteiger partial charge in [-0.3, -0.25) is 14.2 Å². The van der Waals surface area contributed by atoms with Crippen molar-refractivity contribution >= 4 is 49.1 Å². The molecule has 44 heavy (non-hydrogen) atoms. The van der Waals surface area contributed by atoms with Crippen LogP contribution in [0.3, 0.4) is 0 Å². The molecule has 3 N–H and O–H groups in total. The molecule has 3 aromatic carbocycles. The summed E-state index contributed by atoms with van der Waals surface area (Å²) in [5.41, 5.74) is 11.4. The average Bonchev–Trinajstić information content (AvgIpc) is 3.67. The lowest BCUT2D eigenvalue weighted by atomic mass is 10.1. The van der Waals surface area contributed by atoms with E-state index < -0.39 is 0 Å². The van der Waals surface area contributed by atoms with Crippen LogP contribution in [0.4, 0.5) is 11.4 Å². The molecular weight excluding hydrogens is 692 g/mol. The Bertz CT molecular complexity index is 1690. The molecule has 0 saturated heterocycles. The van der Waals surface area contributed by atoms with Crippen LogP contribution in [-0.4, -0.2) is 56.5 Å². The maximum atomic E-state index is 12.6. The SMILES string of the molecule is COc1cccc(C(=O)Nc2ccc(OCCBr)c(-c3ccnn3C)c2)c1.Cn1nccc1-c1cc(N)ccc1OCCBr. The van der Waals surface area contributed by atoms with E-state index in [2.05, 4.69) is 47.4 Å². The smallest absolute Gasteiger partial charge is 0.255 e. The topological polar surface area (TPSA) is 118 Å². The molecule has 0 aliphatic carbocycles. The highest BCUT2D eigenvalue weighted by Gasteiger charge is 2.14. The number of alkyl halides is 2. The van der Waals surface area contributed by atoms with E-state index in [-0.39, 0.29) is 5.91 Å². The average molecular weight is 726 g/mol. The van der Waals surface area contributed by atoms with Crippen molar-refractivity contribution in [1.29, 1.82) is 0 Å². The highest BCUT2D eigenvalue weighted by Crippen LogP contribution is 2.33. The number of hydrogen-bond acceptors (Lipinski definition) is 7. The van der Waals surface area contributed by atoms with Gasteiger partial charge in [0.25, 0.3) is 5.91 Å². The molecule has 0 aliphatic heterocycles. The molecule has 0 bridgehead atoms. The molecular formula is C32H34Br2N6O4. The van der Waals surface area contributed by atoms with Crippen molar-refractivity contribution in [2.45, 2.75) is 0 Å². The second-order valence-electron chi connectivity index (χ2n) is 9.41. The molecule has 0 saturated carbocycles. The van der Waals surface area contributed by atoms with E-state index in [4.69, 9.17) is 19.9 Å². The molecule has 0 atom stereocenters. The van der Waals surface area contributed by atoms with Crippen LogP contribution in [0, 0.1) is 0 Å². The van der Waals surface area contributed by atoms with Gasteiger partial charge in [-0.25, -0.2) is 0 Å². The largest absolute Gasteiger partial charge is 0.497 e. The summed E-state index contributed by atoms with van der Waals surface area (Å²) >= 11 is 6.71. The fourth-order valence-electron chi connectivity index (χ4n) is 4.35. The van der Waals surface area contributed by atoms with Crippen LogP contribution in [0.1, 0.15) is 10.4 Å². The second kappa shape index (κ2) is 16.0. The van der Waals surface area contributed by atoms with Gasteiger partial charge in [-0.1, -0.05) is 37.9 Å².